The molecule has 2 rings (SSSR count). The van der Waals surface area contributed by atoms with E-state index in [1.807, 2.05) is 0 Å². The minimum atomic E-state index is -1.27. The molecule has 1 aromatic carbocycles. The molecule has 0 fully saturated rings. The maximum absolute atomic E-state index is 13.3. The van der Waals surface area contributed by atoms with E-state index in [0.717, 1.165) is 6.92 Å². The number of hydrogen-bond donors (Lipinski definition) is 1. The van der Waals surface area contributed by atoms with Crippen LogP contribution in [0.4, 0.5) is 19.0 Å². The van der Waals surface area contributed by atoms with Gasteiger partial charge in [-0.1, -0.05) is 5.16 Å². The molecule has 0 spiro atoms. The van der Waals surface area contributed by atoms with Crippen LogP contribution in [0.15, 0.2) is 4.52 Å². The second-order valence-corrected chi connectivity index (χ2v) is 2.84. The maximum Gasteiger partial charge on any atom is 0.208 e. The molecule has 14 heavy (non-hydrogen) atoms. The van der Waals surface area contributed by atoms with Crippen LogP contribution in [-0.4, -0.2) is 5.16 Å². The van der Waals surface area contributed by atoms with Crippen LogP contribution in [-0.2, 0) is 0 Å². The summed E-state index contributed by atoms with van der Waals surface area (Å²) in [5, 5.41) is 2.70. The summed E-state index contributed by atoms with van der Waals surface area (Å²) in [6.07, 6.45) is 0. The van der Waals surface area contributed by atoms with E-state index in [2.05, 4.69) is 9.68 Å². The second-order valence-electron chi connectivity index (χ2n) is 2.84. The third kappa shape index (κ3) is 0.905. The number of anilines is 1. The summed E-state index contributed by atoms with van der Waals surface area (Å²) in [7, 11) is 0. The Morgan fingerprint density at radius 1 is 1.14 bits per heavy atom. The fraction of sp³-hybridized carbons (Fsp3) is 0.125. The molecule has 0 bridgehead atoms. The van der Waals surface area contributed by atoms with Crippen LogP contribution in [0.5, 0.6) is 0 Å². The average Bonchev–Trinajstić information content (AvgIpc) is 2.54. The monoisotopic (exact) mass is 202 g/mol. The van der Waals surface area contributed by atoms with Crippen LogP contribution >= 0.6 is 0 Å². The highest BCUT2D eigenvalue weighted by Crippen LogP contribution is 2.30. The molecule has 0 aliphatic heterocycles. The summed E-state index contributed by atoms with van der Waals surface area (Å²) in [6, 6.07) is 0. The van der Waals surface area contributed by atoms with Crippen molar-refractivity contribution in [1.82, 2.24) is 5.16 Å². The van der Waals surface area contributed by atoms with Gasteiger partial charge in [-0.05, 0) is 6.92 Å². The molecule has 0 saturated heterocycles. The van der Waals surface area contributed by atoms with Crippen molar-refractivity contribution in [2.75, 3.05) is 5.73 Å². The summed E-state index contributed by atoms with van der Waals surface area (Å²) in [5.41, 5.74) is 4.27. The quantitative estimate of drug-likeness (QED) is 0.666. The van der Waals surface area contributed by atoms with E-state index >= 15 is 0 Å². The SMILES string of the molecule is Cc1c(F)c(F)c2c(N)noc2c1F. The van der Waals surface area contributed by atoms with E-state index < -0.39 is 34.0 Å². The third-order valence-corrected chi connectivity index (χ3v) is 1.99. The van der Waals surface area contributed by atoms with Gasteiger partial charge in [0.25, 0.3) is 0 Å². The van der Waals surface area contributed by atoms with Crippen molar-refractivity contribution < 1.29 is 17.7 Å². The number of fused-ring (bicyclic) bond motifs is 1. The number of aromatic nitrogens is 1. The summed E-state index contributed by atoms with van der Waals surface area (Å²) < 4.78 is 43.9. The molecule has 0 amide bonds. The predicted octanol–water partition coefficient (Wildman–Crippen LogP) is 2.14. The van der Waals surface area contributed by atoms with Crippen LogP contribution in [0.2, 0.25) is 0 Å². The predicted molar refractivity (Wildman–Crippen MR) is 43.0 cm³/mol. The maximum atomic E-state index is 13.3. The van der Waals surface area contributed by atoms with Crippen LogP contribution in [0.1, 0.15) is 5.56 Å². The van der Waals surface area contributed by atoms with E-state index in [9.17, 15) is 13.2 Å². The van der Waals surface area contributed by atoms with Gasteiger partial charge in [-0.3, -0.25) is 0 Å². The van der Waals surface area contributed by atoms with E-state index in [0.29, 0.717) is 0 Å². The van der Waals surface area contributed by atoms with Crippen LogP contribution in [0, 0.1) is 24.4 Å². The van der Waals surface area contributed by atoms with Crippen LogP contribution in [0.25, 0.3) is 11.0 Å². The zero-order valence-electron chi connectivity index (χ0n) is 7.07. The van der Waals surface area contributed by atoms with Crippen molar-refractivity contribution in [1.29, 1.82) is 0 Å². The molecule has 6 heteroatoms. The van der Waals surface area contributed by atoms with Gasteiger partial charge < -0.3 is 10.3 Å². The van der Waals surface area contributed by atoms with Crippen LogP contribution in [0.3, 0.4) is 0 Å². The molecule has 2 aromatic rings. The number of nitrogens with two attached hydrogens (primary N) is 1. The Labute approximate surface area is 76.3 Å². The second kappa shape index (κ2) is 2.63. The number of benzene rings is 1. The Morgan fingerprint density at radius 3 is 2.43 bits per heavy atom. The lowest BCUT2D eigenvalue weighted by Crippen LogP contribution is -1.96. The van der Waals surface area contributed by atoms with Gasteiger partial charge in [0.2, 0.25) is 5.58 Å². The van der Waals surface area contributed by atoms with Crippen molar-refractivity contribution in [3.63, 3.8) is 0 Å². The van der Waals surface area contributed by atoms with E-state index in [1.165, 1.54) is 0 Å². The van der Waals surface area contributed by atoms with Crippen molar-refractivity contribution in [2.24, 2.45) is 0 Å². The largest absolute Gasteiger partial charge is 0.380 e. The number of halogens is 3. The Kier molecular flexibility index (Phi) is 1.67. The molecule has 2 N–H and O–H groups in total. The Bertz CT molecular complexity index is 521. The van der Waals surface area contributed by atoms with Crippen molar-refractivity contribution >= 4 is 16.8 Å². The van der Waals surface area contributed by atoms with Crippen molar-refractivity contribution in [2.45, 2.75) is 6.92 Å². The number of hydrogen-bond acceptors (Lipinski definition) is 3. The average molecular weight is 202 g/mol. The third-order valence-electron chi connectivity index (χ3n) is 1.99. The number of nitrogen functional groups attached to an aromatic ring is 1. The molecule has 74 valence electrons. The first kappa shape index (κ1) is 8.86. The van der Waals surface area contributed by atoms with Gasteiger partial charge in [-0.15, -0.1) is 0 Å². The van der Waals surface area contributed by atoms with Gasteiger partial charge in [-0.2, -0.15) is 0 Å². The molecule has 3 nitrogen and oxygen atoms in total. The molecular weight excluding hydrogens is 197 g/mol. The summed E-state index contributed by atoms with van der Waals surface area (Å²) in [4.78, 5) is 0. The van der Waals surface area contributed by atoms with Gasteiger partial charge >= 0.3 is 0 Å². The zero-order valence-corrected chi connectivity index (χ0v) is 7.07. The summed E-state index contributed by atoms with van der Waals surface area (Å²) in [6.45, 7) is 1.10. The first-order valence-corrected chi connectivity index (χ1v) is 3.72. The first-order valence-electron chi connectivity index (χ1n) is 3.72. The minimum Gasteiger partial charge on any atom is -0.380 e. The first-order chi connectivity index (χ1) is 6.54. The van der Waals surface area contributed by atoms with E-state index in [1.54, 1.807) is 0 Å². The van der Waals surface area contributed by atoms with Crippen molar-refractivity contribution in [3.05, 3.63) is 23.0 Å². The molecule has 0 unspecified atom stereocenters. The normalized spacial score (nSPS) is 11.1. The number of nitrogens with zero attached hydrogens (tertiary/aromatic N) is 1. The molecule has 0 aliphatic carbocycles. The Balaban J connectivity index is 3.05. The smallest absolute Gasteiger partial charge is 0.208 e. The fourth-order valence-corrected chi connectivity index (χ4v) is 1.21. The number of rotatable bonds is 0. The Morgan fingerprint density at radius 2 is 1.79 bits per heavy atom. The molecule has 0 atom stereocenters. The fourth-order valence-electron chi connectivity index (χ4n) is 1.21. The molecule has 0 radical (unpaired) electrons. The highest BCUT2D eigenvalue weighted by molar-refractivity contribution is 5.88. The summed E-state index contributed by atoms with van der Waals surface area (Å²) >= 11 is 0. The highest BCUT2D eigenvalue weighted by atomic mass is 19.2. The van der Waals surface area contributed by atoms with Crippen molar-refractivity contribution in [3.8, 4) is 0 Å². The summed E-state index contributed by atoms with van der Waals surface area (Å²) in [5.74, 6) is -3.86. The van der Waals surface area contributed by atoms with Crippen LogP contribution < -0.4 is 5.73 Å². The lowest BCUT2D eigenvalue weighted by atomic mass is 10.1. The lowest BCUT2D eigenvalue weighted by molar-refractivity contribution is 0.436. The molecule has 0 aliphatic rings. The molecule has 1 heterocycles. The topological polar surface area (TPSA) is 52.0 Å². The minimum absolute atomic E-state index is 0.365. The highest BCUT2D eigenvalue weighted by Gasteiger charge is 2.22. The molecule has 0 saturated carbocycles. The molecule has 1 aromatic heterocycles. The lowest BCUT2D eigenvalue weighted by Gasteiger charge is -2.00. The van der Waals surface area contributed by atoms with Gasteiger partial charge in [0.1, 0.15) is 5.39 Å². The molecular formula is C8H5F3N2O. The van der Waals surface area contributed by atoms with Gasteiger partial charge in [0.05, 0.1) is 0 Å². The van der Waals surface area contributed by atoms with Gasteiger partial charge in [0, 0.05) is 5.56 Å². The standard InChI is InChI=1S/C8H5F3N2O/c1-2-4(9)6(11)3-7(5(2)10)14-13-8(3)12/h1H3,(H2,12,13). The van der Waals surface area contributed by atoms with E-state index in [-0.39, 0.29) is 5.82 Å². The zero-order chi connectivity index (χ0) is 10.5. The van der Waals surface area contributed by atoms with Gasteiger partial charge in [0.15, 0.2) is 23.3 Å². The van der Waals surface area contributed by atoms with Gasteiger partial charge in [-0.25, -0.2) is 13.2 Å². The Hall–Kier alpha value is -1.72. The van der Waals surface area contributed by atoms with E-state index in [4.69, 9.17) is 5.73 Å².